The number of hydrogen-bond donors (Lipinski definition) is 1. The predicted octanol–water partition coefficient (Wildman–Crippen LogP) is 2.79. The molecule has 0 amide bonds. The molecule has 1 aromatic rings. The van der Waals surface area contributed by atoms with Crippen LogP contribution in [-0.4, -0.2) is 13.3 Å². The predicted molar refractivity (Wildman–Crippen MR) is 50.6 cm³/mol. The molecule has 0 aliphatic carbocycles. The van der Waals surface area contributed by atoms with Crippen LogP contribution in [0.1, 0.15) is 18.0 Å². The van der Waals surface area contributed by atoms with Crippen LogP contribution in [0, 0.1) is 5.82 Å². The van der Waals surface area contributed by atoms with Crippen molar-refractivity contribution in [1.82, 2.24) is 0 Å². The molecule has 0 aromatic heterocycles. The zero-order valence-corrected chi connectivity index (χ0v) is 8.51. The molecule has 16 heavy (non-hydrogen) atoms. The van der Waals surface area contributed by atoms with E-state index in [4.69, 9.17) is 5.73 Å². The van der Waals surface area contributed by atoms with E-state index in [-0.39, 0.29) is 11.3 Å². The zero-order valence-electron chi connectivity index (χ0n) is 8.51. The molecule has 2 nitrogen and oxygen atoms in total. The molecule has 1 rings (SSSR count). The summed E-state index contributed by atoms with van der Waals surface area (Å²) in [5.41, 5.74) is 5.09. The van der Waals surface area contributed by atoms with Gasteiger partial charge in [-0.2, -0.15) is 13.2 Å². The standard InChI is InChI=1S/C10H11F4NO/c1-16-8-4-2-3-6(9(8)11)7(15)5-10(12,13)14/h2-4,7H,5,15H2,1H3. The monoisotopic (exact) mass is 237 g/mol. The van der Waals surface area contributed by atoms with Gasteiger partial charge in [0, 0.05) is 11.6 Å². The minimum Gasteiger partial charge on any atom is -0.494 e. The van der Waals surface area contributed by atoms with Crippen LogP contribution in [-0.2, 0) is 0 Å². The molecule has 0 bridgehead atoms. The average molecular weight is 237 g/mol. The second-order valence-corrected chi connectivity index (χ2v) is 3.29. The Morgan fingerprint density at radius 2 is 2.00 bits per heavy atom. The van der Waals surface area contributed by atoms with Crippen molar-refractivity contribution in [3.63, 3.8) is 0 Å². The first-order chi connectivity index (χ1) is 7.35. The summed E-state index contributed by atoms with van der Waals surface area (Å²) >= 11 is 0. The van der Waals surface area contributed by atoms with Crippen molar-refractivity contribution < 1.29 is 22.3 Å². The third-order valence-corrected chi connectivity index (χ3v) is 2.06. The summed E-state index contributed by atoms with van der Waals surface area (Å²) in [6.07, 6.45) is -5.69. The first-order valence-corrected chi connectivity index (χ1v) is 4.50. The first kappa shape index (κ1) is 12.8. The van der Waals surface area contributed by atoms with Crippen LogP contribution in [0.2, 0.25) is 0 Å². The van der Waals surface area contributed by atoms with Gasteiger partial charge in [0.25, 0.3) is 0 Å². The smallest absolute Gasteiger partial charge is 0.390 e. The Kier molecular flexibility index (Phi) is 3.74. The second-order valence-electron chi connectivity index (χ2n) is 3.29. The number of ether oxygens (including phenoxy) is 1. The molecule has 0 fully saturated rings. The third-order valence-electron chi connectivity index (χ3n) is 2.06. The van der Waals surface area contributed by atoms with Gasteiger partial charge in [-0.3, -0.25) is 0 Å². The average Bonchev–Trinajstić information content (AvgIpc) is 2.15. The molecule has 0 spiro atoms. The highest BCUT2D eigenvalue weighted by Gasteiger charge is 2.32. The van der Waals surface area contributed by atoms with Crippen LogP contribution in [0.3, 0.4) is 0 Å². The molecule has 1 aromatic carbocycles. The Bertz CT molecular complexity index is 364. The molecule has 1 atom stereocenters. The maximum absolute atomic E-state index is 13.5. The summed E-state index contributed by atoms with van der Waals surface area (Å²) in [7, 11) is 1.23. The zero-order chi connectivity index (χ0) is 12.3. The Balaban J connectivity index is 2.95. The molecular formula is C10H11F4NO. The van der Waals surface area contributed by atoms with Crippen LogP contribution in [0.4, 0.5) is 17.6 Å². The summed E-state index contributed by atoms with van der Waals surface area (Å²) in [6, 6.07) is 2.51. The van der Waals surface area contributed by atoms with Crippen LogP contribution in [0.5, 0.6) is 5.75 Å². The van der Waals surface area contributed by atoms with Gasteiger partial charge in [-0.05, 0) is 6.07 Å². The number of nitrogens with two attached hydrogens (primary N) is 1. The van der Waals surface area contributed by atoms with Crippen LogP contribution in [0.25, 0.3) is 0 Å². The van der Waals surface area contributed by atoms with Gasteiger partial charge in [0.05, 0.1) is 13.5 Å². The van der Waals surface area contributed by atoms with Crippen molar-refractivity contribution in [2.75, 3.05) is 7.11 Å². The SMILES string of the molecule is COc1cccc(C(N)CC(F)(F)F)c1F. The van der Waals surface area contributed by atoms with Gasteiger partial charge in [-0.25, -0.2) is 4.39 Å². The summed E-state index contributed by atoms with van der Waals surface area (Å²) in [4.78, 5) is 0. The van der Waals surface area contributed by atoms with Gasteiger partial charge in [-0.1, -0.05) is 12.1 Å². The van der Waals surface area contributed by atoms with E-state index in [0.29, 0.717) is 0 Å². The molecular weight excluding hydrogens is 226 g/mol. The highest BCUT2D eigenvalue weighted by Crippen LogP contribution is 2.31. The number of alkyl halides is 3. The normalized spacial score (nSPS) is 13.6. The first-order valence-electron chi connectivity index (χ1n) is 4.50. The van der Waals surface area contributed by atoms with E-state index >= 15 is 0 Å². The molecule has 1 unspecified atom stereocenters. The lowest BCUT2D eigenvalue weighted by Crippen LogP contribution is -2.21. The molecule has 0 heterocycles. The summed E-state index contributed by atoms with van der Waals surface area (Å²) < 4.78 is 54.4. The van der Waals surface area contributed by atoms with Gasteiger partial charge in [-0.15, -0.1) is 0 Å². The molecule has 0 aliphatic heterocycles. The van der Waals surface area contributed by atoms with Gasteiger partial charge in [0.15, 0.2) is 11.6 Å². The second kappa shape index (κ2) is 4.69. The Morgan fingerprint density at radius 1 is 1.38 bits per heavy atom. The highest BCUT2D eigenvalue weighted by molar-refractivity contribution is 5.32. The van der Waals surface area contributed by atoms with Crippen LogP contribution in [0.15, 0.2) is 18.2 Å². The lowest BCUT2D eigenvalue weighted by Gasteiger charge is -2.16. The van der Waals surface area contributed by atoms with Crippen molar-refractivity contribution in [1.29, 1.82) is 0 Å². The number of benzene rings is 1. The summed E-state index contributed by atoms with van der Waals surface area (Å²) in [6.45, 7) is 0. The van der Waals surface area contributed by atoms with E-state index in [0.717, 1.165) is 0 Å². The van der Waals surface area contributed by atoms with Crippen molar-refractivity contribution in [2.24, 2.45) is 5.73 Å². The van der Waals surface area contributed by atoms with E-state index in [1.807, 2.05) is 0 Å². The van der Waals surface area contributed by atoms with Crippen LogP contribution >= 0.6 is 0 Å². The number of hydrogen-bond acceptors (Lipinski definition) is 2. The maximum Gasteiger partial charge on any atom is 0.390 e. The van der Waals surface area contributed by atoms with E-state index in [9.17, 15) is 17.6 Å². The molecule has 6 heteroatoms. The van der Waals surface area contributed by atoms with Crippen LogP contribution < -0.4 is 10.5 Å². The number of rotatable bonds is 3. The maximum atomic E-state index is 13.5. The van der Waals surface area contributed by atoms with Gasteiger partial charge in [0.1, 0.15) is 0 Å². The summed E-state index contributed by atoms with van der Waals surface area (Å²) in [5, 5.41) is 0. The topological polar surface area (TPSA) is 35.2 Å². The highest BCUT2D eigenvalue weighted by atomic mass is 19.4. The molecule has 2 N–H and O–H groups in total. The van der Waals surface area contributed by atoms with Crippen molar-refractivity contribution in [2.45, 2.75) is 18.6 Å². The number of halogens is 4. The molecule has 0 saturated heterocycles. The van der Waals surface area contributed by atoms with Gasteiger partial charge >= 0.3 is 6.18 Å². The molecule has 0 aliphatic rings. The fourth-order valence-electron chi connectivity index (χ4n) is 1.33. The fourth-order valence-corrected chi connectivity index (χ4v) is 1.33. The summed E-state index contributed by atoms with van der Waals surface area (Å²) in [5.74, 6) is -0.961. The Morgan fingerprint density at radius 3 is 2.50 bits per heavy atom. The lowest BCUT2D eigenvalue weighted by molar-refractivity contribution is -0.138. The molecule has 0 saturated carbocycles. The minimum atomic E-state index is -4.42. The van der Waals surface area contributed by atoms with Gasteiger partial charge in [0.2, 0.25) is 0 Å². The van der Waals surface area contributed by atoms with Gasteiger partial charge < -0.3 is 10.5 Å². The third kappa shape index (κ3) is 3.10. The molecule has 0 radical (unpaired) electrons. The van der Waals surface area contributed by atoms with E-state index in [2.05, 4.69) is 4.74 Å². The number of methoxy groups -OCH3 is 1. The van der Waals surface area contributed by atoms with Crippen molar-refractivity contribution >= 4 is 0 Å². The Hall–Kier alpha value is -1.30. The van der Waals surface area contributed by atoms with Crippen molar-refractivity contribution in [3.05, 3.63) is 29.6 Å². The fraction of sp³-hybridized carbons (Fsp3) is 0.400. The lowest BCUT2D eigenvalue weighted by atomic mass is 10.0. The van der Waals surface area contributed by atoms with E-state index in [1.165, 1.54) is 25.3 Å². The van der Waals surface area contributed by atoms with E-state index in [1.54, 1.807) is 0 Å². The molecule has 90 valence electrons. The van der Waals surface area contributed by atoms with E-state index < -0.39 is 24.5 Å². The largest absolute Gasteiger partial charge is 0.494 e. The quantitative estimate of drug-likeness (QED) is 0.820. The Labute approximate surface area is 90.0 Å². The minimum absolute atomic E-state index is 0.116. The van der Waals surface area contributed by atoms with Crippen molar-refractivity contribution in [3.8, 4) is 5.75 Å².